The molecule has 11 heteroatoms. The highest BCUT2D eigenvalue weighted by molar-refractivity contribution is 6.11. The first kappa shape index (κ1) is 33.1. The molecule has 0 bridgehead atoms. The van der Waals surface area contributed by atoms with Gasteiger partial charge in [-0.15, -0.1) is 0 Å². The summed E-state index contributed by atoms with van der Waals surface area (Å²) in [5.74, 6) is 1.64. The summed E-state index contributed by atoms with van der Waals surface area (Å²) < 4.78 is 28.9. The highest BCUT2D eigenvalue weighted by Crippen LogP contribution is 2.39. The Morgan fingerprint density at radius 1 is 0.722 bits per heavy atom. The molecule has 0 radical (unpaired) electrons. The summed E-state index contributed by atoms with van der Waals surface area (Å²) in [6.45, 7) is 1.99. The van der Waals surface area contributed by atoms with Crippen LogP contribution < -0.4 is 14.8 Å². The zero-order chi connectivity index (χ0) is 36.6. The van der Waals surface area contributed by atoms with Gasteiger partial charge in [0, 0.05) is 55.9 Å². The summed E-state index contributed by atoms with van der Waals surface area (Å²) in [4.78, 5) is 18.6. The Morgan fingerprint density at radius 2 is 1.54 bits per heavy atom. The van der Waals surface area contributed by atoms with Gasteiger partial charge in [-0.25, -0.2) is 19.0 Å². The number of likely N-dealkylation sites (N-methyl/N-ethyl adjacent to an activating group) is 1. The van der Waals surface area contributed by atoms with E-state index in [2.05, 4.69) is 60.6 Å². The lowest BCUT2D eigenvalue weighted by Crippen LogP contribution is -2.19. The zero-order valence-electron chi connectivity index (χ0n) is 29.8. The van der Waals surface area contributed by atoms with Crippen LogP contribution in [0.5, 0.6) is 11.6 Å². The third kappa shape index (κ3) is 6.35. The number of fused-ring (bicyclic) bond motifs is 6. The van der Waals surface area contributed by atoms with E-state index in [1.807, 2.05) is 85.5 Å². The van der Waals surface area contributed by atoms with E-state index < -0.39 is 0 Å². The normalized spacial score (nSPS) is 11.7. The van der Waals surface area contributed by atoms with Gasteiger partial charge in [-0.2, -0.15) is 5.10 Å². The third-order valence-corrected chi connectivity index (χ3v) is 9.56. The summed E-state index contributed by atoms with van der Waals surface area (Å²) in [6.07, 6.45) is 1.56. The van der Waals surface area contributed by atoms with Crippen molar-refractivity contribution in [3.8, 4) is 34.3 Å². The highest BCUT2D eigenvalue weighted by Gasteiger charge is 2.18. The molecule has 0 fully saturated rings. The summed E-state index contributed by atoms with van der Waals surface area (Å²) >= 11 is 0. The zero-order valence-corrected chi connectivity index (χ0v) is 29.8. The van der Waals surface area contributed by atoms with Crippen LogP contribution in [-0.4, -0.2) is 68.5 Å². The van der Waals surface area contributed by atoms with Crippen molar-refractivity contribution in [1.29, 1.82) is 0 Å². The molecule has 0 saturated carbocycles. The number of halogens is 1. The molecule has 0 aliphatic rings. The van der Waals surface area contributed by atoms with Crippen LogP contribution in [0, 0.1) is 5.82 Å². The standard InChI is InChI=1S/C43H37FN8O2/c1-51(2)19-21-53-41-37(18-16-32-33-24-29(44)15-17-36(33)48-39(32)41)47-30-12-8-11-28(23-30)42-45-26-46-52(42)20-22-54-43-40-34(31-13-6-7-14-35(31)49-40)25-38(50-43)27-9-4-3-5-10-27/h3-18,23-26,47-49H,19-22H2,1-2H3. The Morgan fingerprint density at radius 3 is 2.43 bits per heavy atom. The number of nitrogens with one attached hydrogen (secondary N) is 3. The Balaban J connectivity index is 0.979. The van der Waals surface area contributed by atoms with Crippen LogP contribution in [0.2, 0.25) is 0 Å². The molecule has 0 saturated heterocycles. The Labute approximate surface area is 310 Å². The van der Waals surface area contributed by atoms with Crippen molar-refractivity contribution < 1.29 is 13.9 Å². The van der Waals surface area contributed by atoms with Gasteiger partial charge in [-0.05, 0) is 68.7 Å². The number of aromatic amines is 2. The van der Waals surface area contributed by atoms with Crippen molar-refractivity contribution in [2.45, 2.75) is 6.54 Å². The van der Waals surface area contributed by atoms with E-state index in [1.165, 1.54) is 6.07 Å². The highest BCUT2D eigenvalue weighted by atomic mass is 19.1. The smallest absolute Gasteiger partial charge is 0.239 e. The lowest BCUT2D eigenvalue weighted by molar-refractivity contribution is 0.264. The van der Waals surface area contributed by atoms with Crippen LogP contribution >= 0.6 is 0 Å². The number of hydrogen-bond acceptors (Lipinski definition) is 7. The number of aromatic nitrogens is 6. The van der Waals surface area contributed by atoms with E-state index in [4.69, 9.17) is 14.5 Å². The Bertz CT molecular complexity index is 2770. The molecular formula is C43H37FN8O2. The second kappa shape index (κ2) is 14.0. The van der Waals surface area contributed by atoms with Gasteiger partial charge in [0.05, 0.1) is 23.4 Å². The number of pyridine rings is 1. The fourth-order valence-electron chi connectivity index (χ4n) is 6.94. The first-order valence-corrected chi connectivity index (χ1v) is 17.8. The molecule has 0 amide bonds. The molecule has 10 nitrogen and oxygen atoms in total. The molecule has 9 rings (SSSR count). The quantitative estimate of drug-likeness (QED) is 0.116. The van der Waals surface area contributed by atoms with Crippen LogP contribution in [0.25, 0.3) is 66.3 Å². The molecule has 268 valence electrons. The number of ether oxygens (including phenoxy) is 2. The topological polar surface area (TPSA) is 109 Å². The molecule has 0 aliphatic heterocycles. The number of rotatable bonds is 12. The third-order valence-electron chi connectivity index (χ3n) is 9.56. The van der Waals surface area contributed by atoms with Gasteiger partial charge in [0.1, 0.15) is 30.9 Å². The maximum Gasteiger partial charge on any atom is 0.239 e. The number of hydrogen-bond donors (Lipinski definition) is 3. The van der Waals surface area contributed by atoms with E-state index in [1.54, 1.807) is 18.5 Å². The number of nitrogens with zero attached hydrogens (tertiary/aromatic N) is 5. The fourth-order valence-corrected chi connectivity index (χ4v) is 6.94. The second-order valence-corrected chi connectivity index (χ2v) is 13.5. The van der Waals surface area contributed by atoms with Gasteiger partial charge >= 0.3 is 0 Å². The number of anilines is 2. The Hall–Kier alpha value is -6.72. The van der Waals surface area contributed by atoms with Crippen LogP contribution in [0.15, 0.2) is 122 Å². The molecule has 0 spiro atoms. The van der Waals surface area contributed by atoms with Crippen molar-refractivity contribution in [3.05, 3.63) is 127 Å². The molecule has 54 heavy (non-hydrogen) atoms. The fraction of sp³-hybridized carbons (Fsp3) is 0.140. The molecular weight excluding hydrogens is 680 g/mol. The molecule has 0 atom stereocenters. The number of para-hydroxylation sites is 1. The van der Waals surface area contributed by atoms with E-state index >= 15 is 0 Å². The SMILES string of the molecule is CN(C)CCOc1c(Nc2cccc(-c3ncnn3CCOc3nc(-c4ccccc4)cc4c3[nH]c3ccccc34)c2)ccc2c1[nH]c1ccc(F)cc12. The minimum Gasteiger partial charge on any atom is -0.488 e. The van der Waals surface area contributed by atoms with Crippen LogP contribution in [0.1, 0.15) is 0 Å². The van der Waals surface area contributed by atoms with Crippen LogP contribution in [0.4, 0.5) is 15.8 Å². The number of benzene rings is 5. The molecule has 9 aromatic rings. The lowest BCUT2D eigenvalue weighted by Gasteiger charge is -2.17. The van der Waals surface area contributed by atoms with Crippen molar-refractivity contribution in [2.75, 3.05) is 39.2 Å². The predicted octanol–water partition coefficient (Wildman–Crippen LogP) is 9.18. The predicted molar refractivity (Wildman–Crippen MR) is 213 cm³/mol. The molecule has 4 heterocycles. The summed E-state index contributed by atoms with van der Waals surface area (Å²) in [7, 11) is 4.02. The average molecular weight is 717 g/mol. The van der Waals surface area contributed by atoms with Crippen LogP contribution in [-0.2, 0) is 6.54 Å². The summed E-state index contributed by atoms with van der Waals surface area (Å²) in [5, 5.41) is 12.0. The van der Waals surface area contributed by atoms with E-state index in [9.17, 15) is 4.39 Å². The summed E-state index contributed by atoms with van der Waals surface area (Å²) in [6, 6.07) is 37.2. The average Bonchev–Trinajstić information content (AvgIpc) is 3.91. The van der Waals surface area contributed by atoms with Crippen molar-refractivity contribution >= 4 is 55.0 Å². The van der Waals surface area contributed by atoms with Crippen molar-refractivity contribution in [3.63, 3.8) is 0 Å². The van der Waals surface area contributed by atoms with Crippen molar-refractivity contribution in [2.24, 2.45) is 0 Å². The van der Waals surface area contributed by atoms with Crippen molar-refractivity contribution in [1.82, 2.24) is 34.6 Å². The monoisotopic (exact) mass is 716 g/mol. The van der Waals surface area contributed by atoms with Crippen LogP contribution in [0.3, 0.4) is 0 Å². The van der Waals surface area contributed by atoms with Gasteiger partial charge in [-0.1, -0.05) is 60.7 Å². The lowest BCUT2D eigenvalue weighted by atomic mass is 10.1. The molecule has 3 N–H and O–H groups in total. The van der Waals surface area contributed by atoms with Gasteiger partial charge in [0.25, 0.3) is 0 Å². The first-order valence-electron chi connectivity index (χ1n) is 17.8. The minimum absolute atomic E-state index is 0.280. The summed E-state index contributed by atoms with van der Waals surface area (Å²) in [5.41, 5.74) is 7.92. The maximum absolute atomic E-state index is 14.2. The van der Waals surface area contributed by atoms with Gasteiger partial charge in [0.2, 0.25) is 5.88 Å². The molecule has 0 aliphatic carbocycles. The molecule has 0 unspecified atom stereocenters. The van der Waals surface area contributed by atoms with Gasteiger partial charge < -0.3 is 29.7 Å². The second-order valence-electron chi connectivity index (χ2n) is 13.5. The van der Waals surface area contributed by atoms with E-state index in [0.29, 0.717) is 37.2 Å². The van der Waals surface area contributed by atoms with Gasteiger partial charge in [-0.3, -0.25) is 0 Å². The minimum atomic E-state index is -0.280. The maximum atomic E-state index is 14.2. The molecule has 5 aromatic carbocycles. The van der Waals surface area contributed by atoms with Gasteiger partial charge in [0.15, 0.2) is 11.6 Å². The largest absolute Gasteiger partial charge is 0.488 e. The first-order chi connectivity index (χ1) is 26.5. The molecule has 4 aromatic heterocycles. The van der Waals surface area contributed by atoms with E-state index in [-0.39, 0.29) is 5.82 Å². The van der Waals surface area contributed by atoms with E-state index in [0.717, 1.165) is 78.4 Å². The Kier molecular flexibility index (Phi) is 8.60. The number of H-pyrrole nitrogens is 2.